The number of nitrogens with zero attached hydrogens (tertiary/aromatic N) is 2. The second-order valence-corrected chi connectivity index (χ2v) is 7.89. The minimum atomic E-state index is -0.522. The number of aromatic hydroxyl groups is 1. The van der Waals surface area contributed by atoms with Crippen LogP contribution >= 0.6 is 0 Å². The summed E-state index contributed by atoms with van der Waals surface area (Å²) in [4.78, 5) is 36.8. The number of phenolic OH excluding ortho intramolecular Hbond substituents is 1. The molecule has 190 valence electrons. The normalized spacial score (nSPS) is 10.6. The summed E-state index contributed by atoms with van der Waals surface area (Å²) < 4.78 is 10.5. The van der Waals surface area contributed by atoms with Crippen LogP contribution in [-0.2, 0) is 9.53 Å². The van der Waals surface area contributed by atoms with Crippen molar-refractivity contribution >= 4 is 29.0 Å². The van der Waals surface area contributed by atoms with Crippen molar-refractivity contribution in [1.82, 2.24) is 5.32 Å². The topological polar surface area (TPSA) is 127 Å². The van der Waals surface area contributed by atoms with Gasteiger partial charge in [-0.05, 0) is 38.1 Å². The summed E-state index contributed by atoms with van der Waals surface area (Å²) in [6.07, 6.45) is 0. The van der Waals surface area contributed by atoms with E-state index >= 15 is 0 Å². The maximum atomic E-state index is 12.9. The molecule has 0 aliphatic rings. The molecule has 9 nitrogen and oxygen atoms in total. The third-order valence-electron chi connectivity index (χ3n) is 5.01. The zero-order valence-corrected chi connectivity index (χ0v) is 20.6. The highest BCUT2D eigenvalue weighted by molar-refractivity contribution is 6.11. The van der Waals surface area contributed by atoms with Crippen molar-refractivity contribution in [2.24, 2.45) is 10.2 Å². The Bertz CT molecular complexity index is 1330. The van der Waals surface area contributed by atoms with Crippen LogP contribution in [0.25, 0.3) is 0 Å². The van der Waals surface area contributed by atoms with E-state index in [2.05, 4.69) is 22.1 Å². The zero-order chi connectivity index (χ0) is 26.8. The van der Waals surface area contributed by atoms with Gasteiger partial charge in [0.1, 0.15) is 18.0 Å². The molecule has 0 fully saturated rings. The van der Waals surface area contributed by atoms with Crippen LogP contribution in [0.15, 0.2) is 89.1 Å². The van der Waals surface area contributed by atoms with E-state index in [9.17, 15) is 19.5 Å². The number of phenols is 1. The minimum Gasteiger partial charge on any atom is -0.507 e. The van der Waals surface area contributed by atoms with Crippen LogP contribution in [0, 0.1) is 0 Å². The number of esters is 1. The molecule has 37 heavy (non-hydrogen) atoms. The van der Waals surface area contributed by atoms with Gasteiger partial charge in [0, 0.05) is 22.8 Å². The molecule has 0 aliphatic carbocycles. The van der Waals surface area contributed by atoms with Crippen LogP contribution in [-0.4, -0.2) is 42.5 Å². The molecule has 0 saturated carbocycles. The van der Waals surface area contributed by atoms with E-state index in [4.69, 9.17) is 9.47 Å². The van der Waals surface area contributed by atoms with Crippen molar-refractivity contribution in [3.8, 4) is 11.5 Å². The predicted octanol–water partition coefficient (Wildman–Crippen LogP) is 5.29. The van der Waals surface area contributed by atoms with Crippen molar-refractivity contribution in [2.45, 2.75) is 13.8 Å². The molecule has 0 unspecified atom stereocenters. The highest BCUT2D eigenvalue weighted by atomic mass is 16.5. The van der Waals surface area contributed by atoms with E-state index < -0.39 is 5.97 Å². The molecule has 0 aromatic heterocycles. The molecule has 1 amide bonds. The van der Waals surface area contributed by atoms with Gasteiger partial charge in [0.2, 0.25) is 0 Å². The summed E-state index contributed by atoms with van der Waals surface area (Å²) in [6, 6.07) is 17.8. The van der Waals surface area contributed by atoms with Gasteiger partial charge < -0.3 is 19.9 Å². The maximum absolute atomic E-state index is 12.9. The lowest BCUT2D eigenvalue weighted by Gasteiger charge is -2.10. The van der Waals surface area contributed by atoms with E-state index in [0.717, 1.165) is 0 Å². The van der Waals surface area contributed by atoms with Gasteiger partial charge in [-0.15, -0.1) is 5.11 Å². The number of benzene rings is 3. The number of ketones is 1. The fourth-order valence-electron chi connectivity index (χ4n) is 3.19. The first kappa shape index (κ1) is 26.8. The monoisotopic (exact) mass is 501 g/mol. The number of nitrogens with one attached hydrogen (secondary N) is 1. The smallest absolute Gasteiger partial charge is 0.333 e. The molecule has 3 aromatic rings. The Balaban J connectivity index is 1.78. The number of rotatable bonds is 11. The van der Waals surface area contributed by atoms with Gasteiger partial charge in [0.15, 0.2) is 11.5 Å². The number of amides is 1. The van der Waals surface area contributed by atoms with Crippen molar-refractivity contribution in [3.05, 3.63) is 95.6 Å². The number of hydrogen-bond donors (Lipinski definition) is 2. The standard InChI is InChI=1S/C28H27N3O6/c1-4-36-25-17-24(32)22(26(33)19-9-6-5-7-10-19)16-23(25)31-30-21-12-8-11-20(15-21)27(34)29-13-14-37-28(35)18(2)3/h5-12,15-17,32H,2,4,13-14H2,1,3H3,(H,29,34)/b31-30+. The molecular formula is C28H27N3O6. The molecule has 0 spiro atoms. The quantitative estimate of drug-likeness (QED) is 0.121. The Morgan fingerprint density at radius 3 is 2.41 bits per heavy atom. The third kappa shape index (κ3) is 7.35. The highest BCUT2D eigenvalue weighted by Gasteiger charge is 2.18. The first-order valence-electron chi connectivity index (χ1n) is 11.5. The summed E-state index contributed by atoms with van der Waals surface area (Å²) in [5.74, 6) is -1.25. The Kier molecular flexibility index (Phi) is 9.26. The van der Waals surface area contributed by atoms with Crippen molar-refractivity contribution < 1.29 is 29.0 Å². The van der Waals surface area contributed by atoms with Crippen LogP contribution in [0.5, 0.6) is 11.5 Å². The molecule has 3 rings (SSSR count). The van der Waals surface area contributed by atoms with E-state index in [1.807, 2.05) is 0 Å². The fourth-order valence-corrected chi connectivity index (χ4v) is 3.19. The molecule has 9 heteroatoms. The van der Waals surface area contributed by atoms with Crippen LogP contribution in [0.4, 0.5) is 11.4 Å². The number of carbonyl (C=O) groups is 3. The largest absolute Gasteiger partial charge is 0.507 e. The van der Waals surface area contributed by atoms with Gasteiger partial charge in [-0.25, -0.2) is 4.79 Å². The Labute approximate surface area is 214 Å². The van der Waals surface area contributed by atoms with E-state index in [1.54, 1.807) is 62.4 Å². The number of azo groups is 1. The van der Waals surface area contributed by atoms with E-state index in [-0.39, 0.29) is 53.2 Å². The predicted molar refractivity (Wildman–Crippen MR) is 138 cm³/mol. The van der Waals surface area contributed by atoms with Gasteiger partial charge in [-0.1, -0.05) is 43.0 Å². The van der Waals surface area contributed by atoms with Gasteiger partial charge >= 0.3 is 5.97 Å². The summed E-state index contributed by atoms with van der Waals surface area (Å²) in [5, 5.41) is 21.5. The first-order valence-corrected chi connectivity index (χ1v) is 11.5. The molecule has 0 heterocycles. The fraction of sp³-hybridized carbons (Fsp3) is 0.179. The van der Waals surface area contributed by atoms with Crippen molar-refractivity contribution in [1.29, 1.82) is 0 Å². The molecule has 0 radical (unpaired) electrons. The van der Waals surface area contributed by atoms with Crippen LogP contribution in [0.1, 0.15) is 40.1 Å². The summed E-state index contributed by atoms with van der Waals surface area (Å²) in [6.45, 7) is 7.27. The summed E-state index contributed by atoms with van der Waals surface area (Å²) >= 11 is 0. The van der Waals surface area contributed by atoms with Crippen LogP contribution in [0.2, 0.25) is 0 Å². The minimum absolute atomic E-state index is 0.0158. The number of hydrogen-bond acceptors (Lipinski definition) is 8. The van der Waals surface area contributed by atoms with Crippen LogP contribution in [0.3, 0.4) is 0 Å². The van der Waals surface area contributed by atoms with E-state index in [1.165, 1.54) is 18.2 Å². The Morgan fingerprint density at radius 2 is 1.70 bits per heavy atom. The molecule has 0 atom stereocenters. The molecule has 0 saturated heterocycles. The SMILES string of the molecule is C=C(C)C(=O)OCCNC(=O)c1cccc(/N=N/c2cc(C(=O)c3ccccc3)c(O)cc2OCC)c1. The lowest BCUT2D eigenvalue weighted by atomic mass is 10.0. The van der Waals surface area contributed by atoms with Gasteiger partial charge in [0.25, 0.3) is 5.91 Å². The Hall–Kier alpha value is -4.79. The van der Waals surface area contributed by atoms with Gasteiger partial charge in [0.05, 0.1) is 24.4 Å². The van der Waals surface area contributed by atoms with Crippen molar-refractivity contribution in [3.63, 3.8) is 0 Å². The Morgan fingerprint density at radius 1 is 0.973 bits per heavy atom. The van der Waals surface area contributed by atoms with Gasteiger partial charge in [-0.2, -0.15) is 5.11 Å². The number of carbonyl (C=O) groups excluding carboxylic acids is 3. The molecule has 2 N–H and O–H groups in total. The first-order chi connectivity index (χ1) is 17.8. The van der Waals surface area contributed by atoms with E-state index in [0.29, 0.717) is 23.4 Å². The average molecular weight is 502 g/mol. The third-order valence-corrected chi connectivity index (χ3v) is 5.01. The number of ether oxygens (including phenoxy) is 2. The van der Waals surface area contributed by atoms with Crippen LogP contribution < -0.4 is 10.1 Å². The second kappa shape index (κ2) is 12.8. The summed E-state index contributed by atoms with van der Waals surface area (Å²) in [5.41, 5.74) is 1.71. The zero-order valence-electron chi connectivity index (χ0n) is 20.6. The van der Waals surface area contributed by atoms with Crippen molar-refractivity contribution in [2.75, 3.05) is 19.8 Å². The lowest BCUT2D eigenvalue weighted by molar-refractivity contribution is -0.138. The second-order valence-electron chi connectivity index (χ2n) is 7.89. The molecule has 3 aromatic carbocycles. The summed E-state index contributed by atoms with van der Waals surface area (Å²) in [7, 11) is 0. The molecular weight excluding hydrogens is 474 g/mol. The lowest BCUT2D eigenvalue weighted by Crippen LogP contribution is -2.28. The molecule has 0 bridgehead atoms. The molecule has 0 aliphatic heterocycles. The van der Waals surface area contributed by atoms with Gasteiger partial charge in [-0.3, -0.25) is 9.59 Å². The average Bonchev–Trinajstić information content (AvgIpc) is 2.90. The highest BCUT2D eigenvalue weighted by Crippen LogP contribution is 2.36. The maximum Gasteiger partial charge on any atom is 0.333 e.